The molecular weight excluding hydrogens is 440 g/mol. The number of nitrogens with one attached hydrogen (secondary N) is 1. The molecule has 32 heavy (non-hydrogen) atoms. The van der Waals surface area contributed by atoms with Crippen molar-refractivity contribution in [3.05, 3.63) is 64.5 Å². The van der Waals surface area contributed by atoms with Gasteiger partial charge in [0.1, 0.15) is 23.8 Å². The Balaban J connectivity index is 1.60. The summed E-state index contributed by atoms with van der Waals surface area (Å²) in [5, 5.41) is 6.89. The number of nitrogens with zero attached hydrogens (tertiary/aromatic N) is 1. The van der Waals surface area contributed by atoms with E-state index in [9.17, 15) is 9.59 Å². The molecule has 0 aliphatic heterocycles. The number of aryl methyl sites for hydroxylation is 1. The lowest BCUT2D eigenvalue weighted by atomic mass is 10.2. The smallest absolute Gasteiger partial charge is 0.338 e. The molecule has 0 aliphatic carbocycles. The molecule has 0 aliphatic rings. The van der Waals surface area contributed by atoms with Crippen LogP contribution in [0.5, 0.6) is 17.2 Å². The molecule has 9 nitrogen and oxygen atoms in total. The second-order valence-corrected chi connectivity index (χ2v) is 6.99. The second kappa shape index (κ2) is 10.5. The van der Waals surface area contributed by atoms with Crippen LogP contribution in [-0.4, -0.2) is 37.9 Å². The molecule has 1 N–H and O–H groups in total. The first-order valence-corrected chi connectivity index (χ1v) is 9.81. The fourth-order valence-corrected chi connectivity index (χ4v) is 2.90. The molecule has 1 heterocycles. The van der Waals surface area contributed by atoms with Gasteiger partial charge in [-0.2, -0.15) is 0 Å². The van der Waals surface area contributed by atoms with E-state index in [2.05, 4.69) is 10.5 Å². The molecule has 1 aromatic heterocycles. The van der Waals surface area contributed by atoms with Crippen LogP contribution < -0.4 is 19.5 Å². The highest BCUT2D eigenvalue weighted by molar-refractivity contribution is 6.31. The summed E-state index contributed by atoms with van der Waals surface area (Å²) in [5.41, 5.74) is 1.17. The number of aromatic nitrogens is 1. The molecule has 168 valence electrons. The number of anilines is 1. The van der Waals surface area contributed by atoms with Crippen LogP contribution in [-0.2, 0) is 16.1 Å². The minimum absolute atomic E-state index is 0.0239. The Morgan fingerprint density at radius 3 is 2.47 bits per heavy atom. The quantitative estimate of drug-likeness (QED) is 0.477. The minimum Gasteiger partial charge on any atom is -0.495 e. The van der Waals surface area contributed by atoms with Gasteiger partial charge in [-0.05, 0) is 43.3 Å². The van der Waals surface area contributed by atoms with Gasteiger partial charge in [0.05, 0.1) is 25.5 Å². The van der Waals surface area contributed by atoms with Crippen LogP contribution in [0.4, 0.5) is 5.69 Å². The molecule has 0 spiro atoms. The number of halogens is 1. The normalized spacial score (nSPS) is 10.4. The van der Waals surface area contributed by atoms with Gasteiger partial charge < -0.3 is 28.8 Å². The van der Waals surface area contributed by atoms with E-state index in [1.807, 2.05) is 0 Å². The predicted octanol–water partition coefficient (Wildman–Crippen LogP) is 4.03. The van der Waals surface area contributed by atoms with Crippen LogP contribution in [0.2, 0.25) is 5.02 Å². The van der Waals surface area contributed by atoms with Crippen LogP contribution in [0.1, 0.15) is 21.8 Å². The number of benzene rings is 2. The van der Waals surface area contributed by atoms with Gasteiger partial charge in [0.2, 0.25) is 0 Å². The zero-order chi connectivity index (χ0) is 23.1. The standard InChI is InChI=1S/C22H21ClN2O7/c1-13-8-16(25-32-13)11-31-22(27)14-4-6-19(20(9-14)29-3)30-12-21(26)24-17-10-15(23)5-7-18(17)28-2/h4-10H,11-12H2,1-3H3,(H,24,26). The van der Waals surface area contributed by atoms with Crippen molar-refractivity contribution < 1.29 is 33.1 Å². The first-order chi connectivity index (χ1) is 15.4. The number of rotatable bonds is 9. The van der Waals surface area contributed by atoms with Crippen molar-refractivity contribution in [1.82, 2.24) is 5.16 Å². The molecule has 2 aromatic carbocycles. The minimum atomic E-state index is -0.568. The predicted molar refractivity (Wildman–Crippen MR) is 115 cm³/mol. The number of amides is 1. The first kappa shape index (κ1) is 23.0. The second-order valence-electron chi connectivity index (χ2n) is 6.55. The van der Waals surface area contributed by atoms with Gasteiger partial charge >= 0.3 is 5.97 Å². The third-order valence-electron chi connectivity index (χ3n) is 4.22. The molecule has 0 fully saturated rings. The lowest BCUT2D eigenvalue weighted by Gasteiger charge is -2.13. The largest absolute Gasteiger partial charge is 0.495 e. The fourth-order valence-electron chi connectivity index (χ4n) is 2.73. The molecule has 1 amide bonds. The van der Waals surface area contributed by atoms with Crippen molar-refractivity contribution in [3.63, 3.8) is 0 Å². The highest BCUT2D eigenvalue weighted by Gasteiger charge is 2.15. The molecule has 3 aromatic rings. The van der Waals surface area contributed by atoms with Gasteiger partial charge in [-0.15, -0.1) is 0 Å². The molecule has 0 saturated carbocycles. The van der Waals surface area contributed by atoms with Gasteiger partial charge in [0.15, 0.2) is 18.1 Å². The summed E-state index contributed by atoms with van der Waals surface area (Å²) in [5.74, 6) is 0.635. The van der Waals surface area contributed by atoms with E-state index in [1.165, 1.54) is 32.4 Å². The molecule has 0 atom stereocenters. The number of ether oxygens (including phenoxy) is 4. The molecule has 3 rings (SSSR count). The maximum absolute atomic E-state index is 12.3. The van der Waals surface area contributed by atoms with Crippen LogP contribution in [0.15, 0.2) is 47.0 Å². The van der Waals surface area contributed by atoms with Crippen molar-refractivity contribution >= 4 is 29.2 Å². The summed E-state index contributed by atoms with van der Waals surface area (Å²) in [6.07, 6.45) is 0. The Morgan fingerprint density at radius 1 is 1.03 bits per heavy atom. The zero-order valence-electron chi connectivity index (χ0n) is 17.6. The van der Waals surface area contributed by atoms with Crippen LogP contribution in [0, 0.1) is 6.92 Å². The molecule has 0 bridgehead atoms. The highest BCUT2D eigenvalue weighted by Crippen LogP contribution is 2.30. The van der Waals surface area contributed by atoms with Crippen LogP contribution in [0.25, 0.3) is 0 Å². The topological polar surface area (TPSA) is 109 Å². The molecule has 10 heteroatoms. The van der Waals surface area contributed by atoms with Crippen molar-refractivity contribution in [1.29, 1.82) is 0 Å². The summed E-state index contributed by atoms with van der Waals surface area (Å²) in [6.45, 7) is 1.42. The molecule has 0 unspecified atom stereocenters. The first-order valence-electron chi connectivity index (χ1n) is 9.43. The molecule has 0 radical (unpaired) electrons. The van der Waals surface area contributed by atoms with Gasteiger partial charge in [0, 0.05) is 11.1 Å². The summed E-state index contributed by atoms with van der Waals surface area (Å²) in [4.78, 5) is 24.6. The van der Waals surface area contributed by atoms with Crippen LogP contribution in [0.3, 0.4) is 0 Å². The van der Waals surface area contributed by atoms with Crippen molar-refractivity contribution in [2.45, 2.75) is 13.5 Å². The third-order valence-corrected chi connectivity index (χ3v) is 4.46. The van der Waals surface area contributed by atoms with E-state index >= 15 is 0 Å². The van der Waals surface area contributed by atoms with E-state index in [4.69, 9.17) is 35.1 Å². The van der Waals surface area contributed by atoms with Gasteiger partial charge in [0.25, 0.3) is 5.91 Å². The third kappa shape index (κ3) is 5.92. The summed E-state index contributed by atoms with van der Waals surface area (Å²) in [7, 11) is 2.91. The Kier molecular flexibility index (Phi) is 7.56. The monoisotopic (exact) mass is 460 g/mol. The lowest BCUT2D eigenvalue weighted by Crippen LogP contribution is -2.20. The number of carbonyl (C=O) groups excluding carboxylic acids is 2. The number of hydrogen-bond acceptors (Lipinski definition) is 8. The number of methoxy groups -OCH3 is 2. The SMILES string of the molecule is COc1ccc(Cl)cc1NC(=O)COc1ccc(C(=O)OCc2cc(C)on2)cc1OC. The van der Waals surface area contributed by atoms with Crippen molar-refractivity contribution in [3.8, 4) is 17.2 Å². The number of hydrogen-bond donors (Lipinski definition) is 1. The Labute approximate surface area is 189 Å². The van der Waals surface area contributed by atoms with Crippen molar-refractivity contribution in [2.24, 2.45) is 0 Å². The summed E-state index contributed by atoms with van der Waals surface area (Å²) < 4.78 is 26.2. The average molecular weight is 461 g/mol. The van der Waals surface area contributed by atoms with E-state index < -0.39 is 11.9 Å². The van der Waals surface area contributed by atoms with Crippen LogP contribution >= 0.6 is 11.6 Å². The average Bonchev–Trinajstić information content (AvgIpc) is 3.21. The molecule has 0 saturated heterocycles. The van der Waals surface area contributed by atoms with E-state index in [0.717, 1.165) is 0 Å². The van der Waals surface area contributed by atoms with Crippen molar-refractivity contribution in [2.75, 3.05) is 26.1 Å². The number of carbonyl (C=O) groups is 2. The Hall–Kier alpha value is -3.72. The summed E-state index contributed by atoms with van der Waals surface area (Å²) in [6, 6.07) is 11.0. The van der Waals surface area contributed by atoms with E-state index in [1.54, 1.807) is 31.2 Å². The number of esters is 1. The van der Waals surface area contributed by atoms with Gasteiger partial charge in [-0.1, -0.05) is 16.8 Å². The Morgan fingerprint density at radius 2 is 1.78 bits per heavy atom. The lowest BCUT2D eigenvalue weighted by molar-refractivity contribution is -0.118. The van der Waals surface area contributed by atoms with E-state index in [0.29, 0.717) is 27.9 Å². The highest BCUT2D eigenvalue weighted by atomic mass is 35.5. The summed E-state index contributed by atoms with van der Waals surface area (Å²) >= 11 is 5.97. The molecular formula is C22H21ClN2O7. The maximum Gasteiger partial charge on any atom is 0.338 e. The zero-order valence-corrected chi connectivity index (χ0v) is 18.4. The van der Waals surface area contributed by atoms with Gasteiger partial charge in [-0.25, -0.2) is 4.79 Å². The Bertz CT molecular complexity index is 1110. The fraction of sp³-hybridized carbons (Fsp3) is 0.227. The van der Waals surface area contributed by atoms with E-state index in [-0.39, 0.29) is 30.3 Å². The van der Waals surface area contributed by atoms with Gasteiger partial charge in [-0.3, -0.25) is 4.79 Å². The maximum atomic E-state index is 12.3.